The maximum Gasteiger partial charge on any atom is 0.148 e. The summed E-state index contributed by atoms with van der Waals surface area (Å²) in [5, 5.41) is 3.26. The Hall–Kier alpha value is -0.870. The quantitative estimate of drug-likeness (QED) is 0.825. The standard InChI is InChI=1S/C12H19NO2S/c1-3-12(11-7-5-4-6-8-11)13-9-10-16(2,14)15/h4-8,12-13H,3,9-10H2,1-2H3. The molecule has 0 heterocycles. The van der Waals surface area contributed by atoms with E-state index in [1.165, 1.54) is 11.8 Å². The summed E-state index contributed by atoms with van der Waals surface area (Å²) < 4.78 is 22.0. The molecule has 0 amide bonds. The van der Waals surface area contributed by atoms with Gasteiger partial charge in [0, 0.05) is 18.8 Å². The molecule has 16 heavy (non-hydrogen) atoms. The average Bonchev–Trinajstić information content (AvgIpc) is 2.24. The molecule has 0 radical (unpaired) electrons. The SMILES string of the molecule is CCC(NCCS(C)(=O)=O)c1ccccc1. The van der Waals surface area contributed by atoms with Crippen LogP contribution in [0.15, 0.2) is 30.3 Å². The van der Waals surface area contributed by atoms with Crippen molar-refractivity contribution in [1.82, 2.24) is 5.32 Å². The summed E-state index contributed by atoms with van der Waals surface area (Å²) in [5.41, 5.74) is 1.21. The minimum atomic E-state index is -2.87. The third-order valence-electron chi connectivity index (χ3n) is 2.47. The van der Waals surface area contributed by atoms with Crippen molar-refractivity contribution in [3.8, 4) is 0 Å². The van der Waals surface area contributed by atoms with Gasteiger partial charge in [0.15, 0.2) is 0 Å². The molecule has 0 aromatic heterocycles. The Kier molecular flexibility index (Phi) is 4.96. The number of rotatable bonds is 6. The van der Waals surface area contributed by atoms with Gasteiger partial charge in [-0.05, 0) is 12.0 Å². The number of nitrogens with one attached hydrogen (secondary N) is 1. The molecule has 0 aliphatic carbocycles. The predicted octanol–water partition coefficient (Wildman–Crippen LogP) is 1.77. The van der Waals surface area contributed by atoms with Crippen molar-refractivity contribution in [1.29, 1.82) is 0 Å². The molecule has 0 fully saturated rings. The predicted molar refractivity (Wildman–Crippen MR) is 67.2 cm³/mol. The lowest BCUT2D eigenvalue weighted by molar-refractivity contribution is 0.532. The number of sulfone groups is 1. The fourth-order valence-electron chi connectivity index (χ4n) is 1.60. The lowest BCUT2D eigenvalue weighted by Crippen LogP contribution is -2.26. The van der Waals surface area contributed by atoms with E-state index in [-0.39, 0.29) is 11.8 Å². The largest absolute Gasteiger partial charge is 0.309 e. The van der Waals surface area contributed by atoms with Crippen LogP contribution in [-0.4, -0.2) is 27.0 Å². The molecule has 1 N–H and O–H groups in total. The van der Waals surface area contributed by atoms with Crippen LogP contribution in [0.3, 0.4) is 0 Å². The Labute approximate surface area is 97.8 Å². The van der Waals surface area contributed by atoms with E-state index < -0.39 is 9.84 Å². The molecule has 90 valence electrons. The normalized spacial score (nSPS) is 13.6. The fourth-order valence-corrected chi connectivity index (χ4v) is 2.09. The van der Waals surface area contributed by atoms with E-state index >= 15 is 0 Å². The highest BCUT2D eigenvalue weighted by Crippen LogP contribution is 2.15. The molecule has 1 unspecified atom stereocenters. The number of hydrogen-bond donors (Lipinski definition) is 1. The van der Waals surface area contributed by atoms with Crippen LogP contribution in [0.5, 0.6) is 0 Å². The fraction of sp³-hybridized carbons (Fsp3) is 0.500. The second-order valence-corrected chi connectivity index (χ2v) is 6.22. The third-order valence-corrected chi connectivity index (χ3v) is 3.42. The maximum atomic E-state index is 11.0. The number of hydrogen-bond acceptors (Lipinski definition) is 3. The van der Waals surface area contributed by atoms with Crippen LogP contribution in [-0.2, 0) is 9.84 Å². The molecule has 4 heteroatoms. The van der Waals surface area contributed by atoms with Gasteiger partial charge in [-0.15, -0.1) is 0 Å². The van der Waals surface area contributed by atoms with E-state index in [0.29, 0.717) is 6.54 Å². The second-order valence-electron chi connectivity index (χ2n) is 3.96. The minimum Gasteiger partial charge on any atom is -0.309 e. The maximum absolute atomic E-state index is 11.0. The van der Waals surface area contributed by atoms with Crippen molar-refractivity contribution in [3.05, 3.63) is 35.9 Å². The molecule has 0 spiro atoms. The van der Waals surface area contributed by atoms with E-state index in [1.807, 2.05) is 18.2 Å². The van der Waals surface area contributed by atoms with Crippen LogP contribution in [0.4, 0.5) is 0 Å². The van der Waals surface area contributed by atoms with Crippen LogP contribution in [0, 0.1) is 0 Å². The van der Waals surface area contributed by atoms with Crippen LogP contribution < -0.4 is 5.32 Å². The smallest absolute Gasteiger partial charge is 0.148 e. The van der Waals surface area contributed by atoms with E-state index in [4.69, 9.17) is 0 Å². The zero-order valence-electron chi connectivity index (χ0n) is 9.81. The summed E-state index contributed by atoms with van der Waals surface area (Å²) in [5.74, 6) is 0.191. The highest BCUT2D eigenvalue weighted by molar-refractivity contribution is 7.90. The molecule has 0 aliphatic heterocycles. The summed E-state index contributed by atoms with van der Waals surface area (Å²) in [6, 6.07) is 10.3. The van der Waals surface area contributed by atoms with Crippen LogP contribution in [0.2, 0.25) is 0 Å². The van der Waals surface area contributed by atoms with Gasteiger partial charge in [-0.2, -0.15) is 0 Å². The summed E-state index contributed by atoms with van der Waals surface area (Å²) in [6.07, 6.45) is 2.21. The van der Waals surface area contributed by atoms with Gasteiger partial charge in [-0.25, -0.2) is 8.42 Å². The zero-order chi connectivity index (χ0) is 12.0. The molecule has 0 saturated carbocycles. The first-order valence-electron chi connectivity index (χ1n) is 5.49. The van der Waals surface area contributed by atoms with Gasteiger partial charge >= 0.3 is 0 Å². The Bertz CT molecular complexity index is 400. The lowest BCUT2D eigenvalue weighted by atomic mass is 10.1. The Morgan fingerprint density at radius 1 is 1.25 bits per heavy atom. The van der Waals surface area contributed by atoms with Crippen molar-refractivity contribution < 1.29 is 8.42 Å². The average molecular weight is 241 g/mol. The summed E-state index contributed by atoms with van der Waals surface area (Å²) in [7, 11) is -2.87. The topological polar surface area (TPSA) is 46.2 Å². The van der Waals surface area contributed by atoms with Gasteiger partial charge in [0.1, 0.15) is 9.84 Å². The van der Waals surface area contributed by atoms with Crippen molar-refractivity contribution in [2.45, 2.75) is 19.4 Å². The summed E-state index contributed by atoms with van der Waals surface area (Å²) in [6.45, 7) is 2.59. The van der Waals surface area contributed by atoms with Crippen molar-refractivity contribution in [2.24, 2.45) is 0 Å². The monoisotopic (exact) mass is 241 g/mol. The van der Waals surface area contributed by atoms with Gasteiger partial charge < -0.3 is 5.32 Å². The first-order chi connectivity index (χ1) is 7.53. The molecular weight excluding hydrogens is 222 g/mol. The van der Waals surface area contributed by atoms with Gasteiger partial charge in [0.2, 0.25) is 0 Å². The molecule has 0 bridgehead atoms. The highest BCUT2D eigenvalue weighted by atomic mass is 32.2. The van der Waals surface area contributed by atoms with Gasteiger partial charge in [-0.1, -0.05) is 37.3 Å². The van der Waals surface area contributed by atoms with Gasteiger partial charge in [0.05, 0.1) is 5.75 Å². The molecule has 1 aromatic carbocycles. The van der Waals surface area contributed by atoms with Crippen molar-refractivity contribution >= 4 is 9.84 Å². The van der Waals surface area contributed by atoms with Gasteiger partial charge in [0.25, 0.3) is 0 Å². The van der Waals surface area contributed by atoms with Crippen LogP contribution >= 0.6 is 0 Å². The minimum absolute atomic E-state index is 0.191. The van der Waals surface area contributed by atoms with E-state index in [1.54, 1.807) is 0 Å². The van der Waals surface area contributed by atoms with E-state index in [9.17, 15) is 8.42 Å². The van der Waals surface area contributed by atoms with Gasteiger partial charge in [-0.3, -0.25) is 0 Å². The molecule has 1 aromatic rings. The summed E-state index contributed by atoms with van der Waals surface area (Å²) >= 11 is 0. The molecule has 1 rings (SSSR count). The Balaban J connectivity index is 2.51. The van der Waals surface area contributed by atoms with Crippen molar-refractivity contribution in [2.75, 3.05) is 18.6 Å². The Morgan fingerprint density at radius 2 is 1.88 bits per heavy atom. The third kappa shape index (κ3) is 4.77. The summed E-state index contributed by atoms with van der Waals surface area (Å²) in [4.78, 5) is 0. The van der Waals surface area contributed by atoms with Crippen LogP contribution in [0.1, 0.15) is 24.9 Å². The highest BCUT2D eigenvalue weighted by Gasteiger charge is 2.09. The Morgan fingerprint density at radius 3 is 2.38 bits per heavy atom. The second kappa shape index (κ2) is 6.01. The first kappa shape index (κ1) is 13.2. The zero-order valence-corrected chi connectivity index (χ0v) is 10.6. The molecule has 0 aliphatic rings. The van der Waals surface area contributed by atoms with Crippen LogP contribution in [0.25, 0.3) is 0 Å². The van der Waals surface area contributed by atoms with E-state index in [2.05, 4.69) is 24.4 Å². The molecule has 0 saturated heterocycles. The first-order valence-corrected chi connectivity index (χ1v) is 7.55. The van der Waals surface area contributed by atoms with Crippen molar-refractivity contribution in [3.63, 3.8) is 0 Å². The van der Waals surface area contributed by atoms with E-state index in [0.717, 1.165) is 6.42 Å². The molecule has 3 nitrogen and oxygen atoms in total. The lowest BCUT2D eigenvalue weighted by Gasteiger charge is -2.16. The molecular formula is C12H19NO2S. The number of benzene rings is 1. The molecule has 1 atom stereocenters.